The summed E-state index contributed by atoms with van der Waals surface area (Å²) < 4.78 is 0. The normalized spacial score (nSPS) is 20.4. The van der Waals surface area contributed by atoms with E-state index in [4.69, 9.17) is 5.73 Å². The summed E-state index contributed by atoms with van der Waals surface area (Å²) >= 11 is 0. The van der Waals surface area contributed by atoms with Crippen molar-refractivity contribution in [1.82, 2.24) is 4.90 Å². The Morgan fingerprint density at radius 2 is 1.87 bits per heavy atom. The van der Waals surface area contributed by atoms with Crippen LogP contribution < -0.4 is 5.73 Å². The zero-order chi connectivity index (χ0) is 16.4. The van der Waals surface area contributed by atoms with Gasteiger partial charge in [-0.25, -0.2) is 0 Å². The first-order chi connectivity index (χ1) is 11.0. The van der Waals surface area contributed by atoms with Crippen molar-refractivity contribution in [2.45, 2.75) is 44.9 Å². The summed E-state index contributed by atoms with van der Waals surface area (Å²) in [7, 11) is 0. The van der Waals surface area contributed by atoms with Gasteiger partial charge in [0, 0.05) is 24.7 Å². The Hall–Kier alpha value is -2.11. The zero-order valence-corrected chi connectivity index (χ0v) is 13.3. The molecular formula is C17H23N3O3. The van der Waals surface area contributed by atoms with Gasteiger partial charge >= 0.3 is 0 Å². The van der Waals surface area contributed by atoms with E-state index >= 15 is 0 Å². The Kier molecular flexibility index (Phi) is 4.24. The predicted octanol–water partition coefficient (Wildman–Crippen LogP) is 3.36. The molecule has 6 nitrogen and oxygen atoms in total. The summed E-state index contributed by atoms with van der Waals surface area (Å²) in [5, 5.41) is 11.0. The minimum atomic E-state index is -0.537. The van der Waals surface area contributed by atoms with E-state index in [2.05, 4.69) is 0 Å². The van der Waals surface area contributed by atoms with E-state index in [0.29, 0.717) is 5.56 Å². The monoisotopic (exact) mass is 317 g/mol. The molecule has 2 aliphatic rings. The van der Waals surface area contributed by atoms with Crippen molar-refractivity contribution in [2.24, 2.45) is 5.41 Å². The fourth-order valence-corrected chi connectivity index (χ4v) is 4.11. The predicted molar refractivity (Wildman–Crippen MR) is 88.2 cm³/mol. The molecule has 1 saturated heterocycles. The lowest BCUT2D eigenvalue weighted by atomic mass is 9.69. The van der Waals surface area contributed by atoms with Crippen molar-refractivity contribution in [3.8, 4) is 0 Å². The molecule has 1 spiro atoms. The molecular weight excluding hydrogens is 294 g/mol. The number of rotatable bonds is 2. The summed E-state index contributed by atoms with van der Waals surface area (Å²) in [4.78, 5) is 25.1. The molecule has 124 valence electrons. The molecule has 1 saturated carbocycles. The minimum absolute atomic E-state index is 0.0916. The highest BCUT2D eigenvalue weighted by atomic mass is 16.6. The number of anilines is 1. The summed E-state index contributed by atoms with van der Waals surface area (Å²) in [5.74, 6) is -0.113. The van der Waals surface area contributed by atoms with Gasteiger partial charge in [-0.3, -0.25) is 14.9 Å². The van der Waals surface area contributed by atoms with Crippen LogP contribution in [0.1, 0.15) is 55.3 Å². The van der Waals surface area contributed by atoms with E-state index in [-0.39, 0.29) is 22.7 Å². The number of benzene rings is 1. The van der Waals surface area contributed by atoms with Crippen LogP contribution in [-0.2, 0) is 0 Å². The van der Waals surface area contributed by atoms with Crippen LogP contribution >= 0.6 is 0 Å². The van der Waals surface area contributed by atoms with Gasteiger partial charge in [-0.15, -0.1) is 0 Å². The molecule has 2 fully saturated rings. The average molecular weight is 317 g/mol. The minimum Gasteiger partial charge on any atom is -0.393 e. The maximum absolute atomic E-state index is 12.8. The number of hydrogen-bond donors (Lipinski definition) is 1. The van der Waals surface area contributed by atoms with E-state index in [0.717, 1.165) is 19.5 Å². The molecule has 0 aromatic heterocycles. The van der Waals surface area contributed by atoms with Crippen LogP contribution in [0.5, 0.6) is 0 Å². The van der Waals surface area contributed by atoms with Gasteiger partial charge in [0.2, 0.25) is 0 Å². The number of hydrogen-bond acceptors (Lipinski definition) is 4. The second-order valence-electron chi connectivity index (χ2n) is 6.92. The quantitative estimate of drug-likeness (QED) is 0.514. The van der Waals surface area contributed by atoms with Crippen LogP contribution in [-0.4, -0.2) is 28.8 Å². The van der Waals surface area contributed by atoms with Gasteiger partial charge in [-0.05, 0) is 43.2 Å². The molecule has 23 heavy (non-hydrogen) atoms. The Balaban J connectivity index is 1.80. The number of carbonyl (C=O) groups excluding carboxylic acids is 1. The second-order valence-corrected chi connectivity index (χ2v) is 6.92. The number of nitrogens with two attached hydrogens (primary N) is 1. The molecule has 0 unspecified atom stereocenters. The van der Waals surface area contributed by atoms with E-state index < -0.39 is 4.92 Å². The highest BCUT2D eigenvalue weighted by Crippen LogP contribution is 2.43. The standard InChI is InChI=1S/C17H23N3O3/c18-14-6-5-13(11-15(14)20(22)23)16(21)19-10-4-9-17(12-19)7-2-1-3-8-17/h5-6,11H,1-4,7-10,12,18H2. The third kappa shape index (κ3) is 3.16. The lowest BCUT2D eigenvalue weighted by Gasteiger charge is -2.45. The summed E-state index contributed by atoms with van der Waals surface area (Å²) in [6.07, 6.45) is 8.38. The topological polar surface area (TPSA) is 89.5 Å². The van der Waals surface area contributed by atoms with Crippen LogP contribution in [0.2, 0.25) is 0 Å². The number of likely N-dealkylation sites (tertiary alicyclic amines) is 1. The first kappa shape index (κ1) is 15.8. The van der Waals surface area contributed by atoms with E-state index in [1.807, 2.05) is 4.90 Å². The third-order valence-electron chi connectivity index (χ3n) is 5.34. The fourth-order valence-electron chi connectivity index (χ4n) is 4.11. The van der Waals surface area contributed by atoms with Crippen molar-refractivity contribution in [3.63, 3.8) is 0 Å². The number of nitrogens with zero attached hydrogens (tertiary/aromatic N) is 2. The van der Waals surface area contributed by atoms with Crippen LogP contribution in [0.3, 0.4) is 0 Å². The Morgan fingerprint density at radius 3 is 2.57 bits per heavy atom. The Labute approximate surface area is 135 Å². The Bertz CT molecular complexity index is 618. The van der Waals surface area contributed by atoms with Crippen molar-refractivity contribution in [3.05, 3.63) is 33.9 Å². The van der Waals surface area contributed by atoms with Gasteiger partial charge in [0.1, 0.15) is 5.69 Å². The summed E-state index contributed by atoms with van der Waals surface area (Å²) in [6.45, 7) is 1.52. The molecule has 1 heterocycles. The van der Waals surface area contributed by atoms with E-state index in [9.17, 15) is 14.9 Å². The molecule has 1 amide bonds. The van der Waals surface area contributed by atoms with Gasteiger partial charge in [-0.2, -0.15) is 0 Å². The summed E-state index contributed by atoms with van der Waals surface area (Å²) in [6, 6.07) is 4.35. The zero-order valence-electron chi connectivity index (χ0n) is 13.3. The average Bonchev–Trinajstić information content (AvgIpc) is 2.55. The lowest BCUT2D eigenvalue weighted by Crippen LogP contribution is -2.46. The van der Waals surface area contributed by atoms with Gasteiger partial charge in [0.15, 0.2) is 0 Å². The number of amides is 1. The van der Waals surface area contributed by atoms with Crippen molar-refractivity contribution in [1.29, 1.82) is 0 Å². The van der Waals surface area contributed by atoms with E-state index in [1.165, 1.54) is 50.7 Å². The maximum Gasteiger partial charge on any atom is 0.292 e. The molecule has 0 atom stereocenters. The number of nitrogen functional groups attached to an aromatic ring is 1. The molecule has 1 aromatic carbocycles. The van der Waals surface area contributed by atoms with Crippen LogP contribution in [0, 0.1) is 15.5 Å². The molecule has 0 radical (unpaired) electrons. The lowest BCUT2D eigenvalue weighted by molar-refractivity contribution is -0.383. The molecule has 0 bridgehead atoms. The van der Waals surface area contributed by atoms with Gasteiger partial charge in [0.25, 0.3) is 11.6 Å². The van der Waals surface area contributed by atoms with Crippen molar-refractivity contribution >= 4 is 17.3 Å². The highest BCUT2D eigenvalue weighted by molar-refractivity contribution is 5.95. The molecule has 1 aliphatic heterocycles. The Morgan fingerprint density at radius 1 is 1.17 bits per heavy atom. The van der Waals surface area contributed by atoms with E-state index in [1.54, 1.807) is 6.07 Å². The smallest absolute Gasteiger partial charge is 0.292 e. The first-order valence-electron chi connectivity index (χ1n) is 8.34. The molecule has 1 aliphatic carbocycles. The van der Waals surface area contributed by atoms with Crippen LogP contribution in [0.4, 0.5) is 11.4 Å². The van der Waals surface area contributed by atoms with Gasteiger partial charge in [-0.1, -0.05) is 19.3 Å². The van der Waals surface area contributed by atoms with Gasteiger partial charge in [0.05, 0.1) is 4.92 Å². The van der Waals surface area contributed by atoms with Crippen molar-refractivity contribution < 1.29 is 9.72 Å². The number of carbonyl (C=O) groups is 1. The number of piperidine rings is 1. The largest absolute Gasteiger partial charge is 0.393 e. The third-order valence-corrected chi connectivity index (χ3v) is 5.34. The number of nitro benzene ring substituents is 1. The summed E-state index contributed by atoms with van der Waals surface area (Å²) in [5.41, 5.74) is 6.14. The SMILES string of the molecule is Nc1ccc(C(=O)N2CCCC3(CCCCC3)C2)cc1[N+](=O)[O-]. The maximum atomic E-state index is 12.8. The molecule has 1 aromatic rings. The van der Waals surface area contributed by atoms with Gasteiger partial charge < -0.3 is 10.6 Å². The fraction of sp³-hybridized carbons (Fsp3) is 0.588. The first-order valence-corrected chi connectivity index (χ1v) is 8.34. The molecule has 2 N–H and O–H groups in total. The number of nitro groups is 1. The molecule has 3 rings (SSSR count). The van der Waals surface area contributed by atoms with Crippen LogP contribution in [0.15, 0.2) is 18.2 Å². The highest BCUT2D eigenvalue weighted by Gasteiger charge is 2.38. The van der Waals surface area contributed by atoms with Crippen LogP contribution in [0.25, 0.3) is 0 Å². The second kappa shape index (κ2) is 6.18. The van der Waals surface area contributed by atoms with Crippen molar-refractivity contribution in [2.75, 3.05) is 18.8 Å². The molecule has 6 heteroatoms.